The number of carbonyl (C=O) groups excluding carboxylic acids is 1. The van der Waals surface area contributed by atoms with Crippen LogP contribution in [0, 0.1) is 0 Å². The summed E-state index contributed by atoms with van der Waals surface area (Å²) in [5, 5.41) is 4.14. The number of carbonyl (C=O) groups is 1. The van der Waals surface area contributed by atoms with Gasteiger partial charge in [-0.2, -0.15) is 5.10 Å². The summed E-state index contributed by atoms with van der Waals surface area (Å²) in [5.41, 5.74) is 7.55. The molecule has 22 heavy (non-hydrogen) atoms. The van der Waals surface area contributed by atoms with E-state index in [1.165, 1.54) is 0 Å². The van der Waals surface area contributed by atoms with E-state index >= 15 is 0 Å². The molecule has 1 amide bonds. The first-order valence-electron chi connectivity index (χ1n) is 6.79. The molecular formula is C15H14N6O. The van der Waals surface area contributed by atoms with Gasteiger partial charge in [0.25, 0.3) is 5.95 Å². The molecule has 7 heteroatoms. The van der Waals surface area contributed by atoms with Crippen molar-refractivity contribution in [2.24, 2.45) is 5.73 Å². The van der Waals surface area contributed by atoms with Gasteiger partial charge in [-0.3, -0.25) is 9.78 Å². The summed E-state index contributed by atoms with van der Waals surface area (Å²) in [4.78, 5) is 24.0. The quantitative estimate of drug-likeness (QED) is 0.760. The average Bonchev–Trinajstić information content (AvgIpc) is 3.08. The lowest BCUT2D eigenvalue weighted by molar-refractivity contribution is -0.118. The number of pyridine rings is 1. The van der Waals surface area contributed by atoms with Gasteiger partial charge in [0, 0.05) is 42.5 Å². The minimum atomic E-state index is -0.359. The maximum atomic E-state index is 11.0. The van der Waals surface area contributed by atoms with Gasteiger partial charge >= 0.3 is 0 Å². The fourth-order valence-corrected chi connectivity index (χ4v) is 2.01. The standard InChI is InChI=1S/C15H14N6O/c16-14(22)5-4-12-9-13(11-3-1-6-17-10-11)20-15(19-12)21-8-2-7-18-21/h1-3,6-10H,4-5H2,(H2,16,22). The first-order chi connectivity index (χ1) is 10.7. The first-order valence-corrected chi connectivity index (χ1v) is 6.79. The van der Waals surface area contributed by atoms with Crippen molar-refractivity contribution < 1.29 is 4.79 Å². The molecule has 0 aromatic carbocycles. The van der Waals surface area contributed by atoms with Gasteiger partial charge in [0.15, 0.2) is 0 Å². The third-order valence-electron chi connectivity index (χ3n) is 3.06. The molecule has 3 heterocycles. The smallest absolute Gasteiger partial charge is 0.251 e. The van der Waals surface area contributed by atoms with Crippen LogP contribution >= 0.6 is 0 Å². The minimum Gasteiger partial charge on any atom is -0.370 e. The van der Waals surface area contributed by atoms with Crippen molar-refractivity contribution in [2.75, 3.05) is 0 Å². The maximum absolute atomic E-state index is 11.0. The number of amides is 1. The third-order valence-corrected chi connectivity index (χ3v) is 3.06. The van der Waals surface area contributed by atoms with Gasteiger partial charge in [0.1, 0.15) is 0 Å². The van der Waals surface area contributed by atoms with E-state index in [1.807, 2.05) is 18.2 Å². The number of hydrogen-bond donors (Lipinski definition) is 1. The van der Waals surface area contributed by atoms with E-state index < -0.39 is 0 Å². The lowest BCUT2D eigenvalue weighted by Gasteiger charge is -2.07. The highest BCUT2D eigenvalue weighted by Gasteiger charge is 2.09. The van der Waals surface area contributed by atoms with Crippen molar-refractivity contribution in [3.63, 3.8) is 0 Å². The predicted molar refractivity (Wildman–Crippen MR) is 79.9 cm³/mol. The first kappa shape index (κ1) is 13.9. The molecule has 3 aromatic heterocycles. The number of hydrogen-bond acceptors (Lipinski definition) is 5. The minimum absolute atomic E-state index is 0.238. The van der Waals surface area contributed by atoms with Gasteiger partial charge in [0.2, 0.25) is 5.91 Å². The Bertz CT molecular complexity index is 770. The molecule has 0 spiro atoms. The lowest BCUT2D eigenvalue weighted by Crippen LogP contribution is -2.13. The molecule has 3 aromatic rings. The fraction of sp³-hybridized carbons (Fsp3) is 0.133. The van der Waals surface area contributed by atoms with Crippen molar-refractivity contribution in [1.29, 1.82) is 0 Å². The van der Waals surface area contributed by atoms with Crippen LogP contribution in [0.1, 0.15) is 12.1 Å². The molecule has 0 saturated carbocycles. The van der Waals surface area contributed by atoms with Crippen molar-refractivity contribution in [3.8, 4) is 17.2 Å². The van der Waals surface area contributed by atoms with Crippen LogP contribution in [0.25, 0.3) is 17.2 Å². The summed E-state index contributed by atoms with van der Waals surface area (Å²) >= 11 is 0. The van der Waals surface area contributed by atoms with Gasteiger partial charge in [0.05, 0.1) is 5.69 Å². The maximum Gasteiger partial charge on any atom is 0.251 e. The Hall–Kier alpha value is -3.09. The Balaban J connectivity index is 2.03. The van der Waals surface area contributed by atoms with E-state index in [9.17, 15) is 4.79 Å². The summed E-state index contributed by atoms with van der Waals surface area (Å²) in [7, 11) is 0. The zero-order valence-electron chi connectivity index (χ0n) is 11.8. The molecule has 0 aliphatic carbocycles. The number of aromatic nitrogens is 5. The third kappa shape index (κ3) is 3.14. The molecule has 110 valence electrons. The number of nitrogens with zero attached hydrogens (tertiary/aromatic N) is 5. The van der Waals surface area contributed by atoms with E-state index in [0.717, 1.165) is 17.0 Å². The van der Waals surface area contributed by atoms with Gasteiger partial charge < -0.3 is 5.73 Å². The monoisotopic (exact) mass is 294 g/mol. The van der Waals surface area contributed by atoms with Gasteiger partial charge in [-0.25, -0.2) is 14.6 Å². The second-order valence-electron chi connectivity index (χ2n) is 4.70. The number of primary amides is 1. The molecule has 0 aliphatic heterocycles. The molecule has 0 aliphatic rings. The van der Waals surface area contributed by atoms with Crippen LogP contribution in [-0.4, -0.2) is 30.6 Å². The van der Waals surface area contributed by atoms with E-state index in [2.05, 4.69) is 20.1 Å². The largest absolute Gasteiger partial charge is 0.370 e. The van der Waals surface area contributed by atoms with Crippen molar-refractivity contribution >= 4 is 5.91 Å². The van der Waals surface area contributed by atoms with Gasteiger partial charge in [-0.05, 0) is 30.7 Å². The molecule has 3 rings (SSSR count). The van der Waals surface area contributed by atoms with Gasteiger partial charge in [-0.15, -0.1) is 0 Å². The molecular weight excluding hydrogens is 280 g/mol. The highest BCUT2D eigenvalue weighted by Crippen LogP contribution is 2.18. The Morgan fingerprint density at radius 2 is 2.14 bits per heavy atom. The second kappa shape index (κ2) is 6.13. The summed E-state index contributed by atoms with van der Waals surface area (Å²) < 4.78 is 1.58. The molecule has 0 fully saturated rings. The highest BCUT2D eigenvalue weighted by molar-refractivity contribution is 5.74. The van der Waals surface area contributed by atoms with Crippen molar-refractivity contribution in [1.82, 2.24) is 24.7 Å². The van der Waals surface area contributed by atoms with Crippen LogP contribution in [0.15, 0.2) is 49.1 Å². The summed E-state index contributed by atoms with van der Waals surface area (Å²) in [6.07, 6.45) is 7.55. The fourth-order valence-electron chi connectivity index (χ4n) is 2.01. The number of aryl methyl sites for hydroxylation is 1. The molecule has 0 atom stereocenters. The van der Waals surface area contributed by atoms with E-state index in [4.69, 9.17) is 5.73 Å². The van der Waals surface area contributed by atoms with Crippen molar-refractivity contribution in [3.05, 3.63) is 54.7 Å². The van der Waals surface area contributed by atoms with E-state index in [-0.39, 0.29) is 12.3 Å². The zero-order valence-corrected chi connectivity index (χ0v) is 11.8. The predicted octanol–water partition coefficient (Wildman–Crippen LogP) is 1.14. The highest BCUT2D eigenvalue weighted by atomic mass is 16.1. The van der Waals surface area contributed by atoms with Crippen LogP contribution in [0.4, 0.5) is 0 Å². The van der Waals surface area contributed by atoms with Gasteiger partial charge in [-0.1, -0.05) is 0 Å². The van der Waals surface area contributed by atoms with Crippen LogP contribution in [0.3, 0.4) is 0 Å². The number of rotatable bonds is 5. The average molecular weight is 294 g/mol. The van der Waals surface area contributed by atoms with Crippen LogP contribution in [-0.2, 0) is 11.2 Å². The summed E-state index contributed by atoms with van der Waals surface area (Å²) in [6.45, 7) is 0. The molecule has 0 saturated heterocycles. The number of nitrogens with two attached hydrogens (primary N) is 1. The van der Waals surface area contributed by atoms with Crippen LogP contribution in [0.2, 0.25) is 0 Å². The topological polar surface area (TPSA) is 99.6 Å². The van der Waals surface area contributed by atoms with Crippen molar-refractivity contribution in [2.45, 2.75) is 12.8 Å². The molecule has 7 nitrogen and oxygen atoms in total. The summed E-state index contributed by atoms with van der Waals surface area (Å²) in [6, 6.07) is 7.39. The molecule has 2 N–H and O–H groups in total. The molecule has 0 bridgehead atoms. The molecule has 0 unspecified atom stereocenters. The Morgan fingerprint density at radius 1 is 1.23 bits per heavy atom. The normalized spacial score (nSPS) is 10.5. The SMILES string of the molecule is NC(=O)CCc1cc(-c2cccnc2)nc(-n2cccn2)n1. The Morgan fingerprint density at radius 3 is 2.82 bits per heavy atom. The second-order valence-corrected chi connectivity index (χ2v) is 4.70. The van der Waals surface area contributed by atoms with Crippen LogP contribution < -0.4 is 5.73 Å². The Labute approximate surface area is 126 Å². The zero-order chi connectivity index (χ0) is 15.4. The molecule has 0 radical (unpaired) electrons. The van der Waals surface area contributed by atoms with E-state index in [0.29, 0.717) is 12.4 Å². The Kier molecular flexibility index (Phi) is 3.86. The summed E-state index contributed by atoms with van der Waals surface area (Å²) in [5.74, 6) is 0.0907. The van der Waals surface area contributed by atoms with E-state index in [1.54, 1.807) is 35.5 Å². The lowest BCUT2D eigenvalue weighted by atomic mass is 10.1. The van der Waals surface area contributed by atoms with Crippen LogP contribution in [0.5, 0.6) is 0 Å².